The minimum atomic E-state index is 0.111. The third-order valence-electron chi connectivity index (χ3n) is 6.35. The third-order valence-corrected chi connectivity index (χ3v) is 6.35. The van der Waals surface area contributed by atoms with Gasteiger partial charge in [0.15, 0.2) is 5.82 Å². The first-order valence-corrected chi connectivity index (χ1v) is 9.96. The maximum Gasteiger partial charge on any atom is 0.250 e. The van der Waals surface area contributed by atoms with E-state index in [9.17, 15) is 4.79 Å². The number of aromatic amines is 1. The van der Waals surface area contributed by atoms with Gasteiger partial charge in [0, 0.05) is 48.2 Å². The van der Waals surface area contributed by atoms with Gasteiger partial charge in [-0.05, 0) is 36.6 Å². The van der Waals surface area contributed by atoms with E-state index < -0.39 is 0 Å². The Kier molecular flexibility index (Phi) is 3.47. The van der Waals surface area contributed by atoms with E-state index in [2.05, 4.69) is 25.9 Å². The molecule has 1 N–H and O–H groups in total. The van der Waals surface area contributed by atoms with Gasteiger partial charge in [0.05, 0.1) is 7.11 Å². The van der Waals surface area contributed by atoms with Gasteiger partial charge in [0.2, 0.25) is 0 Å². The third kappa shape index (κ3) is 2.46. The number of hydrogen-bond acceptors (Lipinski definition) is 5. The van der Waals surface area contributed by atoms with Gasteiger partial charge in [-0.15, -0.1) is 0 Å². The molecular formula is C22H21N5O2. The zero-order valence-electron chi connectivity index (χ0n) is 16.1. The van der Waals surface area contributed by atoms with Crippen LogP contribution in [-0.4, -0.2) is 39.7 Å². The van der Waals surface area contributed by atoms with Crippen LogP contribution in [0, 0.1) is 5.92 Å². The SMILES string of the molecule is COc1ccc2[nH]c3c(N4C[C@H]5C[C@@H](C4)c4cccc(=O)n4C5)ncnc3c2c1. The molecule has 1 fully saturated rings. The van der Waals surface area contributed by atoms with Crippen LogP contribution < -0.4 is 15.2 Å². The molecule has 4 aromatic rings. The highest BCUT2D eigenvalue weighted by atomic mass is 16.5. The lowest BCUT2D eigenvalue weighted by atomic mass is 9.83. The molecule has 5 heterocycles. The van der Waals surface area contributed by atoms with Crippen molar-refractivity contribution in [2.24, 2.45) is 5.92 Å². The van der Waals surface area contributed by atoms with Crippen molar-refractivity contribution in [1.82, 2.24) is 19.5 Å². The molecule has 0 saturated carbocycles. The molecule has 29 heavy (non-hydrogen) atoms. The van der Waals surface area contributed by atoms with Crippen molar-refractivity contribution in [3.05, 3.63) is 58.8 Å². The molecule has 3 aromatic heterocycles. The summed E-state index contributed by atoms with van der Waals surface area (Å²) >= 11 is 0. The lowest BCUT2D eigenvalue weighted by Gasteiger charge is -2.43. The zero-order chi connectivity index (χ0) is 19.5. The minimum Gasteiger partial charge on any atom is -0.497 e. The van der Waals surface area contributed by atoms with Crippen molar-refractivity contribution >= 4 is 27.8 Å². The van der Waals surface area contributed by atoms with Crippen molar-refractivity contribution in [3.63, 3.8) is 0 Å². The van der Waals surface area contributed by atoms with E-state index in [0.717, 1.165) is 65.3 Å². The van der Waals surface area contributed by atoms with Gasteiger partial charge in [-0.3, -0.25) is 4.79 Å². The maximum absolute atomic E-state index is 12.3. The number of anilines is 1. The first kappa shape index (κ1) is 16.6. The van der Waals surface area contributed by atoms with Crippen LogP contribution >= 0.6 is 0 Å². The van der Waals surface area contributed by atoms with Crippen LogP contribution in [-0.2, 0) is 6.54 Å². The summed E-state index contributed by atoms with van der Waals surface area (Å²) < 4.78 is 7.34. The Morgan fingerprint density at radius 1 is 1.14 bits per heavy atom. The van der Waals surface area contributed by atoms with Gasteiger partial charge in [0.1, 0.15) is 23.1 Å². The summed E-state index contributed by atoms with van der Waals surface area (Å²) in [4.78, 5) is 27.4. The van der Waals surface area contributed by atoms with Crippen molar-refractivity contribution in [2.45, 2.75) is 18.9 Å². The molecule has 7 nitrogen and oxygen atoms in total. The number of ether oxygens (including phenoxy) is 1. The molecule has 0 unspecified atom stereocenters. The lowest BCUT2D eigenvalue weighted by Crippen LogP contribution is -2.47. The van der Waals surface area contributed by atoms with Crippen LogP contribution in [0.3, 0.4) is 0 Å². The highest BCUT2D eigenvalue weighted by Crippen LogP contribution is 2.38. The molecule has 1 aromatic carbocycles. The molecular weight excluding hydrogens is 366 g/mol. The van der Waals surface area contributed by atoms with Gasteiger partial charge < -0.3 is 19.2 Å². The first-order valence-electron chi connectivity index (χ1n) is 9.96. The number of piperidine rings is 1. The Balaban J connectivity index is 1.45. The highest BCUT2D eigenvalue weighted by molar-refractivity contribution is 6.08. The molecule has 0 spiro atoms. The van der Waals surface area contributed by atoms with E-state index >= 15 is 0 Å². The van der Waals surface area contributed by atoms with Crippen LogP contribution in [0.5, 0.6) is 5.75 Å². The van der Waals surface area contributed by atoms with E-state index in [0.29, 0.717) is 11.8 Å². The number of benzene rings is 1. The molecule has 2 aliphatic rings. The van der Waals surface area contributed by atoms with Crippen molar-refractivity contribution < 1.29 is 4.74 Å². The predicted octanol–water partition coefficient (Wildman–Crippen LogP) is 2.91. The summed E-state index contributed by atoms with van der Waals surface area (Å²) in [7, 11) is 1.67. The van der Waals surface area contributed by atoms with Gasteiger partial charge in [0.25, 0.3) is 5.56 Å². The number of fused-ring (bicyclic) bond motifs is 7. The summed E-state index contributed by atoms with van der Waals surface area (Å²) in [6, 6.07) is 11.6. The largest absolute Gasteiger partial charge is 0.497 e. The van der Waals surface area contributed by atoms with Crippen LogP contribution in [0.1, 0.15) is 18.0 Å². The number of nitrogens with one attached hydrogen (secondary N) is 1. The summed E-state index contributed by atoms with van der Waals surface area (Å²) in [5, 5.41) is 1.04. The summed E-state index contributed by atoms with van der Waals surface area (Å²) in [6.07, 6.45) is 2.77. The number of hydrogen-bond donors (Lipinski definition) is 1. The quantitative estimate of drug-likeness (QED) is 0.572. The molecule has 146 valence electrons. The highest BCUT2D eigenvalue weighted by Gasteiger charge is 2.35. The molecule has 0 amide bonds. The fourth-order valence-electron chi connectivity index (χ4n) is 5.09. The molecule has 1 saturated heterocycles. The summed E-state index contributed by atoms with van der Waals surface area (Å²) in [5.74, 6) is 2.53. The molecule has 2 bridgehead atoms. The number of rotatable bonds is 2. The van der Waals surface area contributed by atoms with Crippen molar-refractivity contribution in [3.8, 4) is 5.75 Å². The Morgan fingerprint density at radius 2 is 2.07 bits per heavy atom. The number of H-pyrrole nitrogens is 1. The van der Waals surface area contributed by atoms with E-state index in [-0.39, 0.29) is 5.56 Å². The topological polar surface area (TPSA) is 76.0 Å². The van der Waals surface area contributed by atoms with Crippen molar-refractivity contribution in [1.29, 1.82) is 0 Å². The van der Waals surface area contributed by atoms with Crippen LogP contribution in [0.4, 0.5) is 5.82 Å². The van der Waals surface area contributed by atoms with Gasteiger partial charge >= 0.3 is 0 Å². The summed E-state index contributed by atoms with van der Waals surface area (Å²) in [6.45, 7) is 2.52. The lowest BCUT2D eigenvalue weighted by molar-refractivity contribution is 0.281. The van der Waals surface area contributed by atoms with E-state index in [4.69, 9.17) is 4.74 Å². The molecule has 0 radical (unpaired) electrons. The first-order chi connectivity index (χ1) is 14.2. The van der Waals surface area contributed by atoms with Crippen molar-refractivity contribution in [2.75, 3.05) is 25.1 Å². The van der Waals surface area contributed by atoms with E-state index in [1.807, 2.05) is 28.8 Å². The fraction of sp³-hybridized carbons (Fsp3) is 0.318. The minimum absolute atomic E-state index is 0.111. The van der Waals surface area contributed by atoms with Gasteiger partial charge in [-0.2, -0.15) is 0 Å². The second kappa shape index (κ2) is 6.07. The Bertz CT molecular complexity index is 1310. The average molecular weight is 387 g/mol. The normalized spacial score (nSPS) is 20.8. The van der Waals surface area contributed by atoms with Crippen LogP contribution in [0.2, 0.25) is 0 Å². The number of nitrogens with zero attached hydrogens (tertiary/aromatic N) is 4. The standard InChI is InChI=1S/C22H21N5O2/c1-29-15-5-6-17-16(8-15)20-21(25-17)22(24-12-23-20)26-9-13-7-14(11-26)18-3-2-4-19(28)27(18)10-13/h2-6,8,12-14,25H,7,9-11H2,1H3/t13-,14+/m1/s1. The Morgan fingerprint density at radius 3 is 2.97 bits per heavy atom. The second-order valence-corrected chi connectivity index (χ2v) is 8.06. The number of methoxy groups -OCH3 is 1. The van der Waals surface area contributed by atoms with E-state index in [1.165, 1.54) is 0 Å². The zero-order valence-corrected chi connectivity index (χ0v) is 16.1. The van der Waals surface area contributed by atoms with Gasteiger partial charge in [-0.1, -0.05) is 6.07 Å². The average Bonchev–Trinajstić information content (AvgIpc) is 3.12. The van der Waals surface area contributed by atoms with Crippen LogP contribution in [0.25, 0.3) is 21.9 Å². The number of aromatic nitrogens is 4. The van der Waals surface area contributed by atoms with Crippen LogP contribution in [0.15, 0.2) is 47.5 Å². The Labute approximate surface area is 167 Å². The monoisotopic (exact) mass is 387 g/mol. The predicted molar refractivity (Wildman–Crippen MR) is 112 cm³/mol. The second-order valence-electron chi connectivity index (χ2n) is 8.06. The Hall–Kier alpha value is -3.35. The summed E-state index contributed by atoms with van der Waals surface area (Å²) in [5.41, 5.74) is 4.15. The number of pyridine rings is 1. The molecule has 7 heteroatoms. The fourth-order valence-corrected chi connectivity index (χ4v) is 5.09. The maximum atomic E-state index is 12.3. The molecule has 2 atom stereocenters. The van der Waals surface area contributed by atoms with Gasteiger partial charge in [-0.25, -0.2) is 9.97 Å². The molecule has 0 aliphatic carbocycles. The smallest absolute Gasteiger partial charge is 0.250 e. The van der Waals surface area contributed by atoms with E-state index in [1.54, 1.807) is 19.5 Å². The molecule has 2 aliphatic heterocycles. The molecule has 6 rings (SSSR count).